The molecule has 1 aromatic carbocycles. The van der Waals surface area contributed by atoms with Crippen molar-refractivity contribution >= 4 is 5.97 Å². The lowest BCUT2D eigenvalue weighted by molar-refractivity contribution is 0.0520. The Hall–Kier alpha value is -3.36. The van der Waals surface area contributed by atoms with Crippen molar-refractivity contribution in [1.29, 1.82) is 0 Å². The van der Waals surface area contributed by atoms with Gasteiger partial charge in [0.15, 0.2) is 17.2 Å². The number of hydrogen-bond acceptors (Lipinski definition) is 7. The molecule has 0 radical (unpaired) electrons. The molecule has 136 valence electrons. The van der Waals surface area contributed by atoms with Gasteiger partial charge in [0.1, 0.15) is 12.3 Å². The molecule has 0 bridgehead atoms. The number of carbonyl (C=O) groups is 1. The molecule has 1 N–H and O–H groups in total. The maximum absolute atomic E-state index is 12.1. The van der Waals surface area contributed by atoms with Gasteiger partial charge in [-0.2, -0.15) is 10.3 Å². The highest BCUT2D eigenvalue weighted by molar-refractivity contribution is 5.95. The van der Waals surface area contributed by atoms with Crippen molar-refractivity contribution in [3.05, 3.63) is 42.6 Å². The summed E-state index contributed by atoms with van der Waals surface area (Å²) in [5.41, 5.74) is 1.03. The Morgan fingerprint density at radius 3 is 2.92 bits per heavy atom. The van der Waals surface area contributed by atoms with Crippen LogP contribution in [-0.2, 0) is 11.3 Å². The fraction of sp³-hybridized carbons (Fsp3) is 0.294. The predicted octanol–water partition coefficient (Wildman–Crippen LogP) is 1.93. The second kappa shape index (κ2) is 8.15. The van der Waals surface area contributed by atoms with E-state index in [9.17, 15) is 4.79 Å². The molecule has 0 unspecified atom stereocenters. The Kier molecular flexibility index (Phi) is 5.47. The minimum atomic E-state index is -0.552. The largest absolute Gasteiger partial charge is 0.493 e. The van der Waals surface area contributed by atoms with Crippen LogP contribution in [0.1, 0.15) is 17.4 Å². The molecule has 0 saturated carbocycles. The highest BCUT2D eigenvalue weighted by Gasteiger charge is 2.23. The molecule has 0 saturated heterocycles. The molecule has 2 aromatic heterocycles. The number of rotatable bonds is 8. The number of ether oxygens (including phenoxy) is 3. The zero-order valence-electron chi connectivity index (χ0n) is 14.5. The number of nitrogens with zero attached hydrogens (tertiary/aromatic N) is 4. The summed E-state index contributed by atoms with van der Waals surface area (Å²) in [5.74, 6) is 0.462. The van der Waals surface area contributed by atoms with E-state index in [0.717, 1.165) is 0 Å². The van der Waals surface area contributed by atoms with Gasteiger partial charge in [0, 0.05) is 12.4 Å². The number of hydrogen-bond donors (Lipinski definition) is 1. The molecule has 26 heavy (non-hydrogen) atoms. The molecule has 0 spiro atoms. The van der Waals surface area contributed by atoms with Gasteiger partial charge in [-0.1, -0.05) is 6.07 Å². The van der Waals surface area contributed by atoms with Gasteiger partial charge in [0.25, 0.3) is 0 Å². The number of aromatic amines is 1. The first-order valence-corrected chi connectivity index (χ1v) is 8.08. The van der Waals surface area contributed by atoms with Crippen LogP contribution in [0, 0.1) is 0 Å². The molecule has 0 aliphatic carbocycles. The molecule has 0 aliphatic heterocycles. The van der Waals surface area contributed by atoms with Crippen molar-refractivity contribution in [3.63, 3.8) is 0 Å². The summed E-state index contributed by atoms with van der Waals surface area (Å²) in [4.78, 5) is 16.1. The molecule has 9 heteroatoms. The van der Waals surface area contributed by atoms with Gasteiger partial charge in [0.05, 0.1) is 32.2 Å². The lowest BCUT2D eigenvalue weighted by atomic mass is 10.1. The van der Waals surface area contributed by atoms with Gasteiger partial charge >= 0.3 is 5.97 Å². The number of para-hydroxylation sites is 1. The Labute approximate surface area is 149 Å². The number of esters is 1. The maximum Gasteiger partial charge on any atom is 0.361 e. The Morgan fingerprint density at radius 1 is 1.31 bits per heavy atom. The van der Waals surface area contributed by atoms with Crippen LogP contribution in [0.15, 0.2) is 36.9 Å². The van der Waals surface area contributed by atoms with Gasteiger partial charge in [-0.3, -0.25) is 0 Å². The number of H-pyrrole nitrogens is 1. The smallest absolute Gasteiger partial charge is 0.361 e. The van der Waals surface area contributed by atoms with Crippen molar-refractivity contribution in [2.45, 2.75) is 13.5 Å². The average Bonchev–Trinajstić information content (AvgIpc) is 3.33. The van der Waals surface area contributed by atoms with E-state index in [1.54, 1.807) is 44.8 Å². The van der Waals surface area contributed by atoms with E-state index in [-0.39, 0.29) is 12.3 Å². The third-order valence-electron chi connectivity index (χ3n) is 3.63. The van der Waals surface area contributed by atoms with Crippen LogP contribution < -0.4 is 9.47 Å². The monoisotopic (exact) mass is 357 g/mol. The van der Waals surface area contributed by atoms with Crippen LogP contribution >= 0.6 is 0 Å². The molecule has 0 aliphatic rings. The lowest BCUT2D eigenvalue weighted by Gasteiger charge is -2.14. The SMILES string of the molecule is CCOC(=O)c1n[nH]nc1-c1cccc(OC)c1OCCn1ccnc1. The van der Waals surface area contributed by atoms with Crippen LogP contribution in [0.4, 0.5) is 0 Å². The number of nitrogens with one attached hydrogen (secondary N) is 1. The van der Waals surface area contributed by atoms with Crippen LogP contribution in [0.3, 0.4) is 0 Å². The molecular formula is C17H19N5O4. The molecule has 2 heterocycles. The summed E-state index contributed by atoms with van der Waals surface area (Å²) in [5, 5.41) is 10.5. The van der Waals surface area contributed by atoms with Crippen molar-refractivity contribution in [3.8, 4) is 22.8 Å². The summed E-state index contributed by atoms with van der Waals surface area (Å²) < 4.78 is 18.3. The quantitative estimate of drug-likeness (QED) is 0.614. The van der Waals surface area contributed by atoms with E-state index < -0.39 is 5.97 Å². The van der Waals surface area contributed by atoms with Gasteiger partial charge in [-0.15, -0.1) is 5.10 Å². The van der Waals surface area contributed by atoms with Crippen LogP contribution in [0.25, 0.3) is 11.3 Å². The molecule has 0 atom stereocenters. The molecule has 9 nitrogen and oxygen atoms in total. The van der Waals surface area contributed by atoms with E-state index in [1.165, 1.54) is 0 Å². The lowest BCUT2D eigenvalue weighted by Crippen LogP contribution is -2.09. The van der Waals surface area contributed by atoms with Crippen molar-refractivity contribution < 1.29 is 19.0 Å². The standard InChI is InChI=1S/C17H19N5O4/c1-3-25-17(23)15-14(19-21-20-15)12-5-4-6-13(24-2)16(12)26-10-9-22-8-7-18-11-22/h4-8,11H,3,9-10H2,1-2H3,(H,19,20,21). The van der Waals surface area contributed by atoms with Gasteiger partial charge < -0.3 is 18.8 Å². The van der Waals surface area contributed by atoms with E-state index in [4.69, 9.17) is 14.2 Å². The number of methoxy groups -OCH3 is 1. The summed E-state index contributed by atoms with van der Waals surface area (Å²) in [6.45, 7) is 2.97. The first-order valence-electron chi connectivity index (χ1n) is 8.08. The number of benzene rings is 1. The topological polar surface area (TPSA) is 104 Å². The fourth-order valence-electron chi connectivity index (χ4n) is 2.44. The van der Waals surface area contributed by atoms with Crippen LogP contribution in [0.5, 0.6) is 11.5 Å². The van der Waals surface area contributed by atoms with Gasteiger partial charge in [-0.05, 0) is 19.1 Å². The molecule has 0 fully saturated rings. The zero-order valence-corrected chi connectivity index (χ0v) is 14.5. The molecule has 0 amide bonds. The minimum Gasteiger partial charge on any atom is -0.493 e. The van der Waals surface area contributed by atoms with E-state index in [2.05, 4.69) is 20.4 Å². The van der Waals surface area contributed by atoms with E-state index in [0.29, 0.717) is 35.9 Å². The number of imidazole rings is 1. The van der Waals surface area contributed by atoms with E-state index in [1.807, 2.05) is 10.8 Å². The zero-order chi connectivity index (χ0) is 18.4. The van der Waals surface area contributed by atoms with E-state index >= 15 is 0 Å². The fourth-order valence-corrected chi connectivity index (χ4v) is 2.44. The summed E-state index contributed by atoms with van der Waals surface area (Å²) >= 11 is 0. The molecular weight excluding hydrogens is 338 g/mol. The number of carbonyl (C=O) groups excluding carboxylic acids is 1. The first kappa shape index (κ1) is 17.5. The Balaban J connectivity index is 1.90. The highest BCUT2D eigenvalue weighted by Crippen LogP contribution is 2.38. The second-order valence-electron chi connectivity index (χ2n) is 5.23. The predicted molar refractivity (Wildman–Crippen MR) is 92.0 cm³/mol. The van der Waals surface area contributed by atoms with Gasteiger partial charge in [0.2, 0.25) is 0 Å². The third kappa shape index (κ3) is 3.66. The Morgan fingerprint density at radius 2 is 2.19 bits per heavy atom. The minimum absolute atomic E-state index is 0.0968. The molecule has 3 rings (SSSR count). The van der Waals surface area contributed by atoms with Crippen molar-refractivity contribution in [1.82, 2.24) is 25.0 Å². The van der Waals surface area contributed by atoms with Crippen molar-refractivity contribution in [2.24, 2.45) is 0 Å². The van der Waals surface area contributed by atoms with Crippen molar-refractivity contribution in [2.75, 3.05) is 20.3 Å². The maximum atomic E-state index is 12.1. The number of aromatic nitrogens is 5. The average molecular weight is 357 g/mol. The first-order chi connectivity index (χ1) is 12.7. The Bertz CT molecular complexity index is 860. The second-order valence-corrected chi connectivity index (χ2v) is 5.23. The third-order valence-corrected chi connectivity index (χ3v) is 3.63. The summed E-state index contributed by atoms with van der Waals surface area (Å²) in [7, 11) is 1.55. The van der Waals surface area contributed by atoms with Gasteiger partial charge in [-0.25, -0.2) is 9.78 Å². The van der Waals surface area contributed by atoms with Crippen LogP contribution in [-0.4, -0.2) is 51.3 Å². The highest BCUT2D eigenvalue weighted by atomic mass is 16.5. The summed E-state index contributed by atoms with van der Waals surface area (Å²) in [6.07, 6.45) is 5.27. The van der Waals surface area contributed by atoms with Crippen LogP contribution in [0.2, 0.25) is 0 Å². The normalized spacial score (nSPS) is 10.5. The summed E-state index contributed by atoms with van der Waals surface area (Å²) in [6, 6.07) is 5.36. The molecule has 3 aromatic rings.